The fourth-order valence-corrected chi connectivity index (χ4v) is 4.13. The molecule has 0 aromatic carbocycles. The lowest BCUT2D eigenvalue weighted by molar-refractivity contribution is -0.140. The van der Waals surface area contributed by atoms with Crippen molar-refractivity contribution in [3.8, 4) is 0 Å². The number of halogens is 3. The average Bonchev–Trinajstić information content (AvgIpc) is 3.12. The lowest BCUT2D eigenvalue weighted by Crippen LogP contribution is -2.49. The molecule has 30 heavy (non-hydrogen) atoms. The maximum Gasteiger partial charge on any atom is 0.421 e. The van der Waals surface area contributed by atoms with Crippen LogP contribution in [0.3, 0.4) is 0 Å². The highest BCUT2D eigenvalue weighted by Crippen LogP contribution is 2.27. The molecule has 1 amide bonds. The molecule has 0 unspecified atom stereocenters. The number of piperazine rings is 1. The van der Waals surface area contributed by atoms with Crippen molar-refractivity contribution >= 4 is 17.2 Å². The summed E-state index contributed by atoms with van der Waals surface area (Å²) < 4.78 is 39.5. The third kappa shape index (κ3) is 5.28. The van der Waals surface area contributed by atoms with E-state index in [2.05, 4.69) is 36.0 Å². The Morgan fingerprint density at radius 1 is 1.17 bits per heavy atom. The SMILES string of the molecule is CC(C)(C)c1nc(CN2CCN(C(=O)Cn3cccc(C(F)(F)F)c3=O)CC2)cs1. The van der Waals surface area contributed by atoms with Gasteiger partial charge in [0.15, 0.2) is 0 Å². The van der Waals surface area contributed by atoms with E-state index in [1.807, 2.05) is 0 Å². The van der Waals surface area contributed by atoms with E-state index in [4.69, 9.17) is 0 Å². The third-order valence-electron chi connectivity index (χ3n) is 4.94. The highest BCUT2D eigenvalue weighted by atomic mass is 32.1. The Morgan fingerprint density at radius 3 is 2.40 bits per heavy atom. The lowest BCUT2D eigenvalue weighted by atomic mass is 9.98. The molecule has 0 spiro atoms. The van der Waals surface area contributed by atoms with Gasteiger partial charge in [-0.15, -0.1) is 11.3 Å². The Hall–Kier alpha value is -2.20. The number of hydrogen-bond acceptors (Lipinski definition) is 5. The number of alkyl halides is 3. The molecule has 0 N–H and O–H groups in total. The number of nitrogens with zero attached hydrogens (tertiary/aromatic N) is 4. The molecule has 10 heteroatoms. The fraction of sp³-hybridized carbons (Fsp3) is 0.550. The number of pyridine rings is 1. The van der Waals surface area contributed by atoms with E-state index < -0.39 is 23.8 Å². The fourth-order valence-electron chi connectivity index (χ4n) is 3.23. The van der Waals surface area contributed by atoms with Crippen LogP contribution in [-0.4, -0.2) is 51.4 Å². The molecule has 1 aliphatic heterocycles. The number of hydrogen-bond donors (Lipinski definition) is 0. The highest BCUT2D eigenvalue weighted by molar-refractivity contribution is 7.09. The van der Waals surface area contributed by atoms with Crippen LogP contribution in [-0.2, 0) is 29.5 Å². The molecule has 164 valence electrons. The van der Waals surface area contributed by atoms with Gasteiger partial charge in [-0.1, -0.05) is 20.8 Å². The van der Waals surface area contributed by atoms with Gasteiger partial charge in [-0.05, 0) is 12.1 Å². The predicted molar refractivity (Wildman–Crippen MR) is 108 cm³/mol. The van der Waals surface area contributed by atoms with Gasteiger partial charge in [-0.3, -0.25) is 14.5 Å². The molecule has 2 aromatic heterocycles. The monoisotopic (exact) mass is 442 g/mol. The van der Waals surface area contributed by atoms with E-state index in [-0.39, 0.29) is 11.3 Å². The lowest BCUT2D eigenvalue weighted by Gasteiger charge is -2.34. The summed E-state index contributed by atoms with van der Waals surface area (Å²) >= 11 is 1.64. The van der Waals surface area contributed by atoms with Crippen LogP contribution in [0.2, 0.25) is 0 Å². The molecule has 0 bridgehead atoms. The van der Waals surface area contributed by atoms with E-state index >= 15 is 0 Å². The Balaban J connectivity index is 1.56. The minimum absolute atomic E-state index is 0.00946. The van der Waals surface area contributed by atoms with Gasteiger partial charge >= 0.3 is 6.18 Å². The first-order valence-corrected chi connectivity index (χ1v) is 10.5. The van der Waals surface area contributed by atoms with E-state index in [1.54, 1.807) is 16.2 Å². The first-order valence-electron chi connectivity index (χ1n) is 9.67. The summed E-state index contributed by atoms with van der Waals surface area (Å²) in [7, 11) is 0. The van der Waals surface area contributed by atoms with Crippen molar-refractivity contribution in [1.29, 1.82) is 0 Å². The molecule has 0 radical (unpaired) electrons. The molecule has 1 saturated heterocycles. The molecule has 3 rings (SSSR count). The zero-order chi connectivity index (χ0) is 22.1. The van der Waals surface area contributed by atoms with Crippen molar-refractivity contribution in [3.63, 3.8) is 0 Å². The molecule has 1 aliphatic rings. The van der Waals surface area contributed by atoms with Gasteiger partial charge < -0.3 is 9.47 Å². The van der Waals surface area contributed by atoms with Gasteiger partial charge in [-0.2, -0.15) is 13.2 Å². The molecular weight excluding hydrogens is 417 g/mol. The average molecular weight is 443 g/mol. The minimum Gasteiger partial charge on any atom is -0.339 e. The van der Waals surface area contributed by atoms with E-state index in [0.29, 0.717) is 32.7 Å². The van der Waals surface area contributed by atoms with Crippen LogP contribution in [0.1, 0.15) is 37.0 Å². The summed E-state index contributed by atoms with van der Waals surface area (Å²) in [6.45, 7) is 8.87. The maximum absolute atomic E-state index is 12.9. The topological polar surface area (TPSA) is 58.4 Å². The van der Waals surface area contributed by atoms with Gasteiger partial charge in [0.1, 0.15) is 12.1 Å². The second kappa shape index (κ2) is 8.50. The van der Waals surface area contributed by atoms with Crippen LogP contribution in [0.15, 0.2) is 28.5 Å². The summed E-state index contributed by atoms with van der Waals surface area (Å²) in [5, 5.41) is 3.14. The standard InChI is InChI=1S/C20H25F3N4O2S/c1-19(2,3)18-24-14(13-30-18)11-25-7-9-26(10-8-25)16(28)12-27-6-4-5-15(17(27)29)20(21,22)23/h4-6,13H,7-12H2,1-3H3. The Morgan fingerprint density at radius 2 is 1.83 bits per heavy atom. The largest absolute Gasteiger partial charge is 0.421 e. The normalized spacial score (nSPS) is 16.1. The first-order chi connectivity index (χ1) is 13.9. The summed E-state index contributed by atoms with van der Waals surface area (Å²) in [6, 6.07) is 1.86. The van der Waals surface area contributed by atoms with Crippen molar-refractivity contribution in [2.75, 3.05) is 26.2 Å². The highest BCUT2D eigenvalue weighted by Gasteiger charge is 2.34. The Bertz CT molecular complexity index is 954. The maximum atomic E-state index is 12.9. The number of carbonyl (C=O) groups excluding carboxylic acids is 1. The van der Waals surface area contributed by atoms with Crippen LogP contribution in [0.4, 0.5) is 13.2 Å². The molecule has 0 saturated carbocycles. The van der Waals surface area contributed by atoms with Crippen LogP contribution in [0.5, 0.6) is 0 Å². The molecular formula is C20H25F3N4O2S. The summed E-state index contributed by atoms with van der Waals surface area (Å²) in [4.78, 5) is 33.0. The van der Waals surface area contributed by atoms with Crippen LogP contribution < -0.4 is 5.56 Å². The van der Waals surface area contributed by atoms with Crippen LogP contribution in [0, 0.1) is 0 Å². The smallest absolute Gasteiger partial charge is 0.339 e. The number of aromatic nitrogens is 2. The van der Waals surface area contributed by atoms with Crippen molar-refractivity contribution in [2.24, 2.45) is 0 Å². The molecule has 2 aromatic rings. The van der Waals surface area contributed by atoms with E-state index in [1.165, 1.54) is 6.20 Å². The number of amides is 1. The van der Waals surface area contributed by atoms with E-state index in [9.17, 15) is 22.8 Å². The Labute approximate surface area is 176 Å². The summed E-state index contributed by atoms with van der Waals surface area (Å²) in [6.07, 6.45) is -3.53. The van der Waals surface area contributed by atoms with Gasteiger partial charge in [0.2, 0.25) is 5.91 Å². The zero-order valence-corrected chi connectivity index (χ0v) is 18.0. The number of thiazole rings is 1. The molecule has 0 atom stereocenters. The van der Waals surface area contributed by atoms with Crippen molar-refractivity contribution in [2.45, 2.75) is 45.5 Å². The zero-order valence-electron chi connectivity index (χ0n) is 17.2. The van der Waals surface area contributed by atoms with Gasteiger partial charge in [0, 0.05) is 49.7 Å². The van der Waals surface area contributed by atoms with Crippen LogP contribution in [0.25, 0.3) is 0 Å². The number of rotatable bonds is 4. The number of carbonyl (C=O) groups is 1. The first kappa shape index (κ1) is 22.5. The van der Waals surface area contributed by atoms with Crippen molar-refractivity contribution in [1.82, 2.24) is 19.4 Å². The second-order valence-corrected chi connectivity index (χ2v) is 9.26. The van der Waals surface area contributed by atoms with E-state index in [0.717, 1.165) is 27.4 Å². The quantitative estimate of drug-likeness (QED) is 0.731. The molecule has 3 heterocycles. The molecule has 6 nitrogen and oxygen atoms in total. The molecule has 1 fully saturated rings. The summed E-state index contributed by atoms with van der Waals surface area (Å²) in [5.74, 6) is -0.361. The third-order valence-corrected chi connectivity index (χ3v) is 6.25. The van der Waals surface area contributed by atoms with Gasteiger partial charge in [-0.25, -0.2) is 4.98 Å². The Kier molecular flexibility index (Phi) is 6.37. The predicted octanol–water partition coefficient (Wildman–Crippen LogP) is 2.97. The van der Waals surface area contributed by atoms with Crippen molar-refractivity contribution < 1.29 is 18.0 Å². The van der Waals surface area contributed by atoms with Crippen LogP contribution >= 0.6 is 11.3 Å². The minimum atomic E-state index is -4.74. The van der Waals surface area contributed by atoms with Gasteiger partial charge in [0.25, 0.3) is 5.56 Å². The summed E-state index contributed by atoms with van der Waals surface area (Å²) in [5.41, 5.74) is -1.45. The van der Waals surface area contributed by atoms with Crippen molar-refractivity contribution in [3.05, 3.63) is 50.3 Å². The molecule has 0 aliphatic carbocycles. The van der Waals surface area contributed by atoms with Gasteiger partial charge in [0.05, 0.1) is 10.7 Å². The second-order valence-electron chi connectivity index (χ2n) is 8.40.